The van der Waals surface area contributed by atoms with Crippen molar-refractivity contribution in [3.05, 3.63) is 59.7 Å². The minimum absolute atomic E-state index is 0. The number of hydrogen-bond acceptors (Lipinski definition) is 4. The minimum atomic E-state index is -3.63. The van der Waals surface area contributed by atoms with Gasteiger partial charge in [-0.25, -0.2) is 13.1 Å². The Labute approximate surface area is 203 Å². The highest BCUT2D eigenvalue weighted by Gasteiger charge is 2.24. The van der Waals surface area contributed by atoms with Crippen molar-refractivity contribution >= 4 is 40.0 Å². The molecule has 0 radical (unpaired) electrons. The number of sulfonamides is 1. The van der Waals surface area contributed by atoms with E-state index in [4.69, 9.17) is 4.74 Å². The molecule has 0 heterocycles. The quantitative estimate of drug-likeness (QED) is 0.262. The number of nitrogens with one attached hydrogen (secondary N) is 3. The Kier molecular flexibility index (Phi) is 10.7. The number of guanidine groups is 1. The Morgan fingerprint density at radius 3 is 2.23 bits per heavy atom. The molecule has 31 heavy (non-hydrogen) atoms. The normalized spacial score (nSPS) is 12.1. The fourth-order valence-corrected chi connectivity index (χ4v) is 4.65. The topological polar surface area (TPSA) is 91.8 Å². The maximum absolute atomic E-state index is 12.8. The molecule has 0 atom stereocenters. The zero-order chi connectivity index (χ0) is 22.2. The second-order valence-corrected chi connectivity index (χ2v) is 9.53. The summed E-state index contributed by atoms with van der Waals surface area (Å²) in [4.78, 5) is 4.49. The van der Waals surface area contributed by atoms with Gasteiger partial charge < -0.3 is 15.4 Å². The summed E-state index contributed by atoms with van der Waals surface area (Å²) in [5.41, 5.74) is 1.21. The van der Waals surface area contributed by atoms with Gasteiger partial charge in [-0.15, -0.1) is 24.0 Å². The van der Waals surface area contributed by atoms with E-state index in [1.54, 1.807) is 32.4 Å². The molecular weight excluding hydrogens is 527 g/mol. The Morgan fingerprint density at radius 1 is 1.00 bits per heavy atom. The SMILES string of the molecule is CN=C(NCCc1ccccc1OC)NCc1ccccc1S(=O)(=O)NC(C)(C)C.I. The number of nitrogens with zero attached hydrogens (tertiary/aromatic N) is 1. The van der Waals surface area contributed by atoms with Crippen LogP contribution in [-0.4, -0.2) is 40.6 Å². The van der Waals surface area contributed by atoms with Crippen LogP contribution in [0.3, 0.4) is 0 Å². The van der Waals surface area contributed by atoms with Gasteiger partial charge in [-0.05, 0) is 50.5 Å². The van der Waals surface area contributed by atoms with Gasteiger partial charge in [0.1, 0.15) is 5.75 Å². The second kappa shape index (κ2) is 12.3. The molecule has 2 aromatic carbocycles. The molecule has 3 N–H and O–H groups in total. The van der Waals surface area contributed by atoms with Crippen LogP contribution in [0.15, 0.2) is 58.4 Å². The van der Waals surface area contributed by atoms with Crippen LogP contribution >= 0.6 is 24.0 Å². The van der Waals surface area contributed by atoms with Crippen molar-refractivity contribution in [2.75, 3.05) is 20.7 Å². The molecule has 2 rings (SSSR count). The Hall–Kier alpha value is -1.85. The Morgan fingerprint density at radius 2 is 1.61 bits per heavy atom. The van der Waals surface area contributed by atoms with Crippen molar-refractivity contribution in [2.24, 2.45) is 4.99 Å². The summed E-state index contributed by atoms with van der Waals surface area (Å²) >= 11 is 0. The van der Waals surface area contributed by atoms with Crippen LogP contribution in [0.1, 0.15) is 31.9 Å². The first-order valence-electron chi connectivity index (χ1n) is 9.84. The molecule has 0 aliphatic rings. The molecule has 0 aliphatic carbocycles. The number of rotatable bonds is 8. The van der Waals surface area contributed by atoms with Crippen LogP contribution in [0, 0.1) is 0 Å². The summed E-state index contributed by atoms with van der Waals surface area (Å²) in [7, 11) is -0.286. The zero-order valence-corrected chi connectivity index (χ0v) is 21.9. The van der Waals surface area contributed by atoms with Crippen molar-refractivity contribution in [1.82, 2.24) is 15.4 Å². The van der Waals surface area contributed by atoms with Gasteiger partial charge >= 0.3 is 0 Å². The zero-order valence-electron chi connectivity index (χ0n) is 18.7. The number of benzene rings is 2. The summed E-state index contributed by atoms with van der Waals surface area (Å²) in [6.45, 7) is 6.44. The average molecular weight is 561 g/mol. The van der Waals surface area contributed by atoms with E-state index in [1.165, 1.54) is 0 Å². The second-order valence-electron chi connectivity index (χ2n) is 7.88. The number of methoxy groups -OCH3 is 1. The lowest BCUT2D eigenvalue weighted by molar-refractivity contribution is 0.409. The lowest BCUT2D eigenvalue weighted by Gasteiger charge is -2.22. The van der Waals surface area contributed by atoms with Crippen molar-refractivity contribution < 1.29 is 13.2 Å². The third kappa shape index (κ3) is 8.66. The third-order valence-electron chi connectivity index (χ3n) is 4.25. The first-order valence-corrected chi connectivity index (χ1v) is 11.3. The first kappa shape index (κ1) is 27.2. The van der Waals surface area contributed by atoms with Gasteiger partial charge in [0.05, 0.1) is 12.0 Å². The minimum Gasteiger partial charge on any atom is -0.496 e. The van der Waals surface area contributed by atoms with Crippen molar-refractivity contribution in [3.8, 4) is 5.75 Å². The maximum Gasteiger partial charge on any atom is 0.241 e. The number of aliphatic imine (C=N–C) groups is 1. The summed E-state index contributed by atoms with van der Waals surface area (Å²) in [5.74, 6) is 1.45. The molecule has 2 aromatic rings. The first-order chi connectivity index (χ1) is 14.2. The number of ether oxygens (including phenoxy) is 1. The fraction of sp³-hybridized carbons (Fsp3) is 0.409. The molecule has 172 valence electrons. The monoisotopic (exact) mass is 560 g/mol. The lowest BCUT2D eigenvalue weighted by Crippen LogP contribution is -2.41. The average Bonchev–Trinajstić information content (AvgIpc) is 2.69. The van der Waals surface area contributed by atoms with E-state index >= 15 is 0 Å². The van der Waals surface area contributed by atoms with E-state index in [0.717, 1.165) is 17.7 Å². The van der Waals surface area contributed by atoms with Crippen LogP contribution in [0.5, 0.6) is 5.75 Å². The molecule has 9 heteroatoms. The molecule has 0 saturated carbocycles. The van der Waals surface area contributed by atoms with Gasteiger partial charge in [0, 0.05) is 25.7 Å². The van der Waals surface area contributed by atoms with Gasteiger partial charge in [0.25, 0.3) is 0 Å². The van der Waals surface area contributed by atoms with Crippen LogP contribution in [0.2, 0.25) is 0 Å². The highest BCUT2D eigenvalue weighted by Crippen LogP contribution is 2.18. The van der Waals surface area contributed by atoms with Gasteiger partial charge in [0.15, 0.2) is 5.96 Å². The molecule has 0 bridgehead atoms. The molecule has 0 aromatic heterocycles. The largest absolute Gasteiger partial charge is 0.496 e. The van der Waals surface area contributed by atoms with E-state index in [1.807, 2.05) is 51.1 Å². The van der Waals surface area contributed by atoms with Crippen molar-refractivity contribution in [1.29, 1.82) is 0 Å². The molecular formula is C22H33IN4O3S. The van der Waals surface area contributed by atoms with Crippen LogP contribution in [0.4, 0.5) is 0 Å². The highest BCUT2D eigenvalue weighted by atomic mass is 127. The summed E-state index contributed by atoms with van der Waals surface area (Å²) in [6, 6.07) is 14.8. The van der Waals surface area contributed by atoms with E-state index in [2.05, 4.69) is 20.3 Å². The number of hydrogen-bond donors (Lipinski definition) is 3. The maximum atomic E-state index is 12.8. The number of halogens is 1. The van der Waals surface area contributed by atoms with Gasteiger partial charge in [-0.3, -0.25) is 4.99 Å². The Balaban J connectivity index is 0.00000480. The molecule has 0 spiro atoms. The predicted octanol–water partition coefficient (Wildman–Crippen LogP) is 3.30. The van der Waals surface area contributed by atoms with E-state index in [9.17, 15) is 8.42 Å². The smallest absolute Gasteiger partial charge is 0.241 e. The molecule has 7 nitrogen and oxygen atoms in total. The van der Waals surface area contributed by atoms with E-state index < -0.39 is 15.6 Å². The molecule has 0 saturated heterocycles. The molecule has 0 fully saturated rings. The molecule has 0 aliphatic heterocycles. The van der Waals surface area contributed by atoms with Crippen LogP contribution in [0.25, 0.3) is 0 Å². The van der Waals surface area contributed by atoms with Crippen LogP contribution in [-0.2, 0) is 23.0 Å². The van der Waals surface area contributed by atoms with Crippen LogP contribution < -0.4 is 20.1 Å². The fourth-order valence-electron chi connectivity index (χ4n) is 2.99. The molecule has 0 amide bonds. The van der Waals surface area contributed by atoms with Crippen molar-refractivity contribution in [3.63, 3.8) is 0 Å². The highest BCUT2D eigenvalue weighted by molar-refractivity contribution is 14.0. The Bertz CT molecular complexity index is 973. The van der Waals surface area contributed by atoms with Gasteiger partial charge in [-0.1, -0.05) is 36.4 Å². The lowest BCUT2D eigenvalue weighted by atomic mass is 10.1. The summed E-state index contributed by atoms with van der Waals surface area (Å²) in [5, 5.41) is 6.45. The molecule has 0 unspecified atom stereocenters. The van der Waals surface area contributed by atoms with Crippen molar-refractivity contribution in [2.45, 2.75) is 44.2 Å². The summed E-state index contributed by atoms with van der Waals surface area (Å²) in [6.07, 6.45) is 0.769. The number of para-hydroxylation sites is 1. The summed E-state index contributed by atoms with van der Waals surface area (Å²) < 4.78 is 33.6. The standard InChI is InChI=1S/C22H32N4O3S.HI/c1-22(2,3)26-30(27,28)20-13-9-7-11-18(20)16-25-21(23-4)24-15-14-17-10-6-8-12-19(17)29-5;/h6-13,26H,14-16H2,1-5H3,(H2,23,24,25);1H. The van der Waals surface area contributed by atoms with E-state index in [-0.39, 0.29) is 28.9 Å². The van der Waals surface area contributed by atoms with Gasteiger partial charge in [0.2, 0.25) is 10.0 Å². The van der Waals surface area contributed by atoms with E-state index in [0.29, 0.717) is 24.6 Å². The predicted molar refractivity (Wildman–Crippen MR) is 137 cm³/mol. The van der Waals surface area contributed by atoms with Gasteiger partial charge in [-0.2, -0.15) is 0 Å². The third-order valence-corrected chi connectivity index (χ3v) is 6.11.